The number of hydrogen-bond donors (Lipinski definition) is 0. The van der Waals surface area contributed by atoms with Crippen molar-refractivity contribution in [3.8, 4) is 28.8 Å². The van der Waals surface area contributed by atoms with Gasteiger partial charge >= 0.3 is 0 Å². The van der Waals surface area contributed by atoms with E-state index < -0.39 is 26.7 Å². The van der Waals surface area contributed by atoms with Crippen LogP contribution in [0.1, 0.15) is 18.6 Å². The van der Waals surface area contributed by atoms with E-state index in [0.717, 1.165) is 12.4 Å². The van der Waals surface area contributed by atoms with Crippen LogP contribution in [0.3, 0.4) is 0 Å². The smallest absolute Gasteiger partial charge is 0.213 e. The lowest BCUT2D eigenvalue weighted by atomic mass is 10.2. The molecule has 0 amide bonds. The maximum absolute atomic E-state index is 13.3. The third kappa shape index (κ3) is 5.27. The number of pyridine rings is 1. The fourth-order valence-corrected chi connectivity index (χ4v) is 4.68. The van der Waals surface area contributed by atoms with Crippen LogP contribution in [0.15, 0.2) is 54.9 Å². The van der Waals surface area contributed by atoms with Crippen molar-refractivity contribution in [3.63, 3.8) is 0 Å². The highest BCUT2D eigenvalue weighted by molar-refractivity contribution is 7.91. The van der Waals surface area contributed by atoms with Gasteiger partial charge in [0.05, 0.1) is 37.6 Å². The Hall–Kier alpha value is -3.93. The zero-order valence-corrected chi connectivity index (χ0v) is 20.1. The van der Waals surface area contributed by atoms with Crippen molar-refractivity contribution in [2.75, 3.05) is 14.2 Å². The summed E-state index contributed by atoms with van der Waals surface area (Å²) < 4.78 is 52.0. The van der Waals surface area contributed by atoms with Crippen molar-refractivity contribution in [1.82, 2.24) is 29.7 Å². The van der Waals surface area contributed by atoms with Gasteiger partial charge in [-0.05, 0) is 25.1 Å². The van der Waals surface area contributed by atoms with E-state index in [1.54, 1.807) is 54.0 Å². The molecular weight excluding hydrogens is 475 g/mol. The molecular formula is C23H23FN6O4S. The van der Waals surface area contributed by atoms with Crippen LogP contribution in [-0.4, -0.2) is 57.6 Å². The number of sulfone groups is 1. The number of aromatic nitrogens is 6. The van der Waals surface area contributed by atoms with Gasteiger partial charge in [0.15, 0.2) is 27.3 Å². The van der Waals surface area contributed by atoms with Crippen LogP contribution in [0.4, 0.5) is 4.39 Å². The molecule has 0 unspecified atom stereocenters. The minimum absolute atomic E-state index is 0.0235. The first kappa shape index (κ1) is 24.2. The number of ether oxygens (including phenoxy) is 2. The number of hydrogen-bond acceptors (Lipinski definition) is 9. The van der Waals surface area contributed by atoms with Crippen LogP contribution in [0.2, 0.25) is 0 Å². The predicted octanol–water partition coefficient (Wildman–Crippen LogP) is 2.82. The zero-order chi connectivity index (χ0) is 25.0. The van der Waals surface area contributed by atoms with Crippen LogP contribution >= 0.6 is 0 Å². The first-order valence-corrected chi connectivity index (χ1v) is 12.3. The number of methoxy groups -OCH3 is 2. The van der Waals surface area contributed by atoms with Gasteiger partial charge in [-0.3, -0.25) is 4.57 Å². The second kappa shape index (κ2) is 10.1. The molecule has 1 aromatic carbocycles. The van der Waals surface area contributed by atoms with Gasteiger partial charge in [0, 0.05) is 12.5 Å². The van der Waals surface area contributed by atoms with Crippen molar-refractivity contribution in [2.45, 2.75) is 24.3 Å². The Morgan fingerprint density at radius 3 is 2.46 bits per heavy atom. The summed E-state index contributed by atoms with van der Waals surface area (Å²) in [6, 6.07) is 12.3. The molecule has 0 bridgehead atoms. The quantitative estimate of drug-likeness (QED) is 0.343. The Labute approximate surface area is 201 Å². The van der Waals surface area contributed by atoms with E-state index in [1.807, 2.05) is 0 Å². The number of nitrogens with zero attached hydrogens (tertiary/aromatic N) is 6. The largest absolute Gasteiger partial charge is 0.495 e. The average molecular weight is 499 g/mol. The van der Waals surface area contributed by atoms with Gasteiger partial charge in [-0.1, -0.05) is 18.2 Å². The standard InChI is InChI=1S/C23H23FN6O4S/c1-15(11-20-25-12-16(24)13-26-20)35(31,32)14-21-28-29-23(17-7-6-10-22(27-17)34-3)30(21)18-8-4-5-9-19(18)33-2/h4-10,12-13,15H,11,14H2,1-3H3/t15-/m1/s1. The van der Waals surface area contributed by atoms with Crippen LogP contribution in [-0.2, 0) is 22.0 Å². The molecule has 35 heavy (non-hydrogen) atoms. The molecule has 0 spiro atoms. The lowest BCUT2D eigenvalue weighted by Gasteiger charge is -2.16. The SMILES string of the molecule is COc1cccc(-c2nnc(CS(=O)(=O)[C@H](C)Cc3ncc(F)cn3)n2-c2ccccc2OC)n1. The van der Waals surface area contributed by atoms with E-state index in [-0.39, 0.29) is 18.1 Å². The van der Waals surface area contributed by atoms with Crippen LogP contribution in [0.5, 0.6) is 11.6 Å². The summed E-state index contributed by atoms with van der Waals surface area (Å²) in [5, 5.41) is 7.61. The zero-order valence-electron chi connectivity index (χ0n) is 19.3. The first-order chi connectivity index (χ1) is 16.8. The van der Waals surface area contributed by atoms with Gasteiger partial charge in [-0.2, -0.15) is 0 Å². The van der Waals surface area contributed by atoms with Gasteiger partial charge < -0.3 is 9.47 Å². The third-order valence-corrected chi connectivity index (χ3v) is 7.36. The summed E-state index contributed by atoms with van der Waals surface area (Å²) in [6.45, 7) is 1.55. The Bertz CT molecular complexity index is 1430. The molecule has 0 radical (unpaired) electrons. The Balaban J connectivity index is 1.75. The van der Waals surface area contributed by atoms with Crippen molar-refractivity contribution in [1.29, 1.82) is 0 Å². The van der Waals surface area contributed by atoms with E-state index in [9.17, 15) is 12.8 Å². The van der Waals surface area contributed by atoms with Crippen LogP contribution in [0, 0.1) is 5.82 Å². The van der Waals surface area contributed by atoms with Gasteiger partial charge in [0.1, 0.15) is 23.0 Å². The first-order valence-electron chi connectivity index (χ1n) is 10.6. The minimum Gasteiger partial charge on any atom is -0.495 e. The maximum Gasteiger partial charge on any atom is 0.213 e. The second-order valence-corrected chi connectivity index (χ2v) is 10.1. The maximum atomic E-state index is 13.3. The highest BCUT2D eigenvalue weighted by atomic mass is 32.2. The molecule has 182 valence electrons. The molecule has 10 nitrogen and oxygen atoms in total. The highest BCUT2D eigenvalue weighted by Crippen LogP contribution is 2.30. The minimum atomic E-state index is -3.74. The molecule has 1 atom stereocenters. The molecule has 4 rings (SSSR count). The Kier molecular flexibility index (Phi) is 7.01. The normalized spacial score (nSPS) is 12.3. The van der Waals surface area contributed by atoms with E-state index in [2.05, 4.69) is 25.1 Å². The Morgan fingerprint density at radius 1 is 1.00 bits per heavy atom. The van der Waals surface area contributed by atoms with Gasteiger partial charge in [-0.15, -0.1) is 10.2 Å². The molecule has 0 aliphatic carbocycles. The Morgan fingerprint density at radius 2 is 1.74 bits per heavy atom. The third-order valence-electron chi connectivity index (χ3n) is 5.31. The molecule has 0 aliphatic rings. The van der Waals surface area contributed by atoms with Crippen molar-refractivity contribution < 1.29 is 22.3 Å². The summed E-state index contributed by atoms with van der Waals surface area (Å²) in [7, 11) is -0.713. The van der Waals surface area contributed by atoms with Gasteiger partial charge in [0.2, 0.25) is 5.88 Å². The number of benzene rings is 1. The molecule has 12 heteroatoms. The molecule has 0 saturated carbocycles. The molecule has 0 N–H and O–H groups in total. The van der Waals surface area contributed by atoms with Crippen LogP contribution in [0.25, 0.3) is 17.2 Å². The summed E-state index contributed by atoms with van der Waals surface area (Å²) in [5.41, 5.74) is 0.999. The lowest BCUT2D eigenvalue weighted by molar-refractivity contribution is 0.398. The molecule has 3 heterocycles. The van der Waals surface area contributed by atoms with Crippen molar-refractivity contribution in [2.24, 2.45) is 0 Å². The summed E-state index contributed by atoms with van der Waals surface area (Å²) in [6.07, 6.45) is 2.04. The predicted molar refractivity (Wildman–Crippen MR) is 125 cm³/mol. The lowest BCUT2D eigenvalue weighted by Crippen LogP contribution is -2.24. The summed E-state index contributed by atoms with van der Waals surface area (Å²) in [4.78, 5) is 12.2. The number of para-hydroxylation sites is 2. The molecule has 4 aromatic rings. The number of rotatable bonds is 9. The van der Waals surface area contributed by atoms with E-state index in [1.165, 1.54) is 14.2 Å². The number of halogens is 1. The van der Waals surface area contributed by atoms with Crippen LogP contribution < -0.4 is 9.47 Å². The van der Waals surface area contributed by atoms with Gasteiger partial charge in [0.25, 0.3) is 0 Å². The fourth-order valence-electron chi connectivity index (χ4n) is 3.45. The second-order valence-electron chi connectivity index (χ2n) is 7.65. The molecule has 3 aromatic heterocycles. The van der Waals surface area contributed by atoms with Crippen molar-refractivity contribution >= 4 is 9.84 Å². The molecule has 0 fully saturated rings. The monoisotopic (exact) mass is 498 g/mol. The summed E-state index contributed by atoms with van der Waals surface area (Å²) in [5.74, 6) is 0.614. The summed E-state index contributed by atoms with van der Waals surface area (Å²) >= 11 is 0. The highest BCUT2D eigenvalue weighted by Gasteiger charge is 2.28. The van der Waals surface area contributed by atoms with Crippen molar-refractivity contribution in [3.05, 3.63) is 72.3 Å². The topological polar surface area (TPSA) is 122 Å². The van der Waals surface area contributed by atoms with E-state index in [4.69, 9.17) is 9.47 Å². The van der Waals surface area contributed by atoms with E-state index in [0.29, 0.717) is 28.8 Å². The fraction of sp³-hybridized carbons (Fsp3) is 0.261. The molecule has 0 saturated heterocycles. The van der Waals surface area contributed by atoms with E-state index >= 15 is 0 Å². The average Bonchev–Trinajstić information content (AvgIpc) is 3.27. The molecule has 0 aliphatic heterocycles. The van der Waals surface area contributed by atoms with Gasteiger partial charge in [-0.25, -0.2) is 27.8 Å².